The van der Waals surface area contributed by atoms with E-state index >= 15 is 0 Å². The van der Waals surface area contributed by atoms with E-state index < -0.39 is 17.7 Å². The van der Waals surface area contributed by atoms with Gasteiger partial charge in [-0.3, -0.25) is 9.63 Å². The molecular weight excluding hydrogens is 200 g/mol. The molecule has 0 saturated carbocycles. The zero-order chi connectivity index (χ0) is 11.6. The Balaban J connectivity index is 2.32. The Hall–Kier alpha value is -1.30. The molecule has 0 spiro atoms. The molecule has 6 heteroatoms. The highest BCUT2D eigenvalue weighted by Gasteiger charge is 2.39. The fourth-order valence-electron chi connectivity index (χ4n) is 1.12. The van der Waals surface area contributed by atoms with E-state index in [0.29, 0.717) is 6.54 Å². The molecule has 86 valence electrons. The van der Waals surface area contributed by atoms with Crippen LogP contribution >= 0.6 is 0 Å². The molecule has 0 aromatic heterocycles. The molecule has 1 saturated heterocycles. The van der Waals surface area contributed by atoms with Crippen molar-refractivity contribution in [3.63, 3.8) is 0 Å². The van der Waals surface area contributed by atoms with Gasteiger partial charge < -0.3 is 10.1 Å². The average Bonchev–Trinajstić information content (AvgIpc) is 2.08. The van der Waals surface area contributed by atoms with Crippen molar-refractivity contribution in [1.29, 1.82) is 0 Å². The second kappa shape index (κ2) is 4.06. The lowest BCUT2D eigenvalue weighted by molar-refractivity contribution is -0.202. The fraction of sp³-hybridized carbons (Fsp3) is 0.778. The van der Waals surface area contributed by atoms with Crippen LogP contribution in [0.15, 0.2) is 0 Å². The van der Waals surface area contributed by atoms with Crippen molar-refractivity contribution in [2.45, 2.75) is 32.4 Å². The molecule has 1 rings (SSSR count). The average molecular weight is 216 g/mol. The highest BCUT2D eigenvalue weighted by molar-refractivity contribution is 5.90. The minimum absolute atomic E-state index is 0.261. The lowest BCUT2D eigenvalue weighted by atomic mass is 10.1. The summed E-state index contributed by atoms with van der Waals surface area (Å²) in [7, 11) is 1.40. The summed E-state index contributed by atoms with van der Waals surface area (Å²) < 4.78 is 5.00. The van der Waals surface area contributed by atoms with Crippen molar-refractivity contribution >= 4 is 12.0 Å². The van der Waals surface area contributed by atoms with Crippen molar-refractivity contribution in [2.75, 3.05) is 13.7 Å². The van der Waals surface area contributed by atoms with Crippen LogP contribution in [-0.4, -0.2) is 42.4 Å². The molecule has 15 heavy (non-hydrogen) atoms. The van der Waals surface area contributed by atoms with Crippen LogP contribution in [-0.2, 0) is 14.4 Å². The SMILES string of the molecule is CON1CC(NC(=O)OC(C)(C)C)C1=O. The molecule has 1 fully saturated rings. The topological polar surface area (TPSA) is 67.9 Å². The van der Waals surface area contributed by atoms with Crippen molar-refractivity contribution in [1.82, 2.24) is 10.4 Å². The number of nitrogens with one attached hydrogen (secondary N) is 1. The van der Waals surface area contributed by atoms with Crippen LogP contribution in [0.5, 0.6) is 0 Å². The molecule has 1 unspecified atom stereocenters. The van der Waals surface area contributed by atoms with Crippen LogP contribution in [0.2, 0.25) is 0 Å². The lowest BCUT2D eigenvalue weighted by Crippen LogP contribution is -2.63. The van der Waals surface area contributed by atoms with E-state index in [1.807, 2.05) is 0 Å². The Bertz CT molecular complexity index is 272. The van der Waals surface area contributed by atoms with Crippen LogP contribution in [0.1, 0.15) is 20.8 Å². The number of rotatable bonds is 2. The number of hydrogen-bond donors (Lipinski definition) is 1. The summed E-state index contributed by atoms with van der Waals surface area (Å²) in [6, 6.07) is -0.528. The first-order valence-corrected chi connectivity index (χ1v) is 4.68. The van der Waals surface area contributed by atoms with Crippen molar-refractivity contribution in [2.24, 2.45) is 0 Å². The highest BCUT2D eigenvalue weighted by Crippen LogP contribution is 2.11. The zero-order valence-corrected chi connectivity index (χ0v) is 9.36. The van der Waals surface area contributed by atoms with E-state index in [4.69, 9.17) is 9.57 Å². The highest BCUT2D eigenvalue weighted by atomic mass is 16.7. The zero-order valence-electron chi connectivity index (χ0n) is 9.36. The quantitative estimate of drug-likeness (QED) is 0.673. The second-order valence-corrected chi connectivity index (χ2v) is 4.28. The first kappa shape index (κ1) is 11.8. The molecule has 1 heterocycles. The molecular formula is C9H16N2O4. The smallest absolute Gasteiger partial charge is 0.408 e. The third-order valence-corrected chi connectivity index (χ3v) is 1.80. The molecule has 1 aliphatic rings. The van der Waals surface area contributed by atoms with E-state index in [0.717, 1.165) is 0 Å². The van der Waals surface area contributed by atoms with E-state index in [1.165, 1.54) is 12.2 Å². The third kappa shape index (κ3) is 3.09. The second-order valence-electron chi connectivity index (χ2n) is 4.28. The Morgan fingerprint density at radius 3 is 2.53 bits per heavy atom. The lowest BCUT2D eigenvalue weighted by Gasteiger charge is -2.36. The van der Waals surface area contributed by atoms with Crippen LogP contribution in [0.3, 0.4) is 0 Å². The molecule has 6 nitrogen and oxygen atoms in total. The minimum atomic E-state index is -0.586. The summed E-state index contributed by atoms with van der Waals surface area (Å²) in [6.45, 7) is 5.64. The summed E-state index contributed by atoms with van der Waals surface area (Å²) in [5.41, 5.74) is -0.558. The molecule has 1 aliphatic heterocycles. The van der Waals surface area contributed by atoms with Gasteiger partial charge in [0.05, 0.1) is 13.7 Å². The molecule has 0 aromatic rings. The summed E-state index contributed by atoms with van der Waals surface area (Å²) in [4.78, 5) is 27.2. The number of carbonyl (C=O) groups excluding carboxylic acids is 2. The summed E-state index contributed by atoms with van der Waals surface area (Å²) in [5.74, 6) is -0.261. The molecule has 2 amide bonds. The van der Waals surface area contributed by atoms with Crippen LogP contribution < -0.4 is 5.32 Å². The van der Waals surface area contributed by atoms with Gasteiger partial charge in [0.1, 0.15) is 11.6 Å². The Morgan fingerprint density at radius 2 is 2.13 bits per heavy atom. The first-order valence-electron chi connectivity index (χ1n) is 4.68. The summed E-state index contributed by atoms with van der Waals surface area (Å²) in [5, 5.41) is 3.62. The van der Waals surface area contributed by atoms with Gasteiger partial charge in [0.25, 0.3) is 5.91 Å². The largest absolute Gasteiger partial charge is 0.444 e. The maximum Gasteiger partial charge on any atom is 0.408 e. The monoisotopic (exact) mass is 216 g/mol. The minimum Gasteiger partial charge on any atom is -0.444 e. The number of carbonyl (C=O) groups is 2. The van der Waals surface area contributed by atoms with Gasteiger partial charge in [-0.25, -0.2) is 9.86 Å². The van der Waals surface area contributed by atoms with Crippen molar-refractivity contribution < 1.29 is 19.2 Å². The van der Waals surface area contributed by atoms with Gasteiger partial charge in [-0.2, -0.15) is 0 Å². The van der Waals surface area contributed by atoms with E-state index in [9.17, 15) is 9.59 Å². The van der Waals surface area contributed by atoms with Gasteiger partial charge in [0.2, 0.25) is 0 Å². The molecule has 0 aromatic carbocycles. The third-order valence-electron chi connectivity index (χ3n) is 1.80. The fourth-order valence-corrected chi connectivity index (χ4v) is 1.12. The number of nitrogens with zero attached hydrogens (tertiary/aromatic N) is 1. The van der Waals surface area contributed by atoms with Crippen LogP contribution in [0.25, 0.3) is 0 Å². The number of amides is 2. The van der Waals surface area contributed by atoms with Gasteiger partial charge in [-0.15, -0.1) is 0 Å². The molecule has 0 aliphatic carbocycles. The number of alkyl carbamates (subject to hydrolysis) is 1. The number of hydrogen-bond acceptors (Lipinski definition) is 4. The maximum absolute atomic E-state index is 11.3. The molecule has 0 radical (unpaired) electrons. The Morgan fingerprint density at radius 1 is 1.53 bits per heavy atom. The van der Waals surface area contributed by atoms with Crippen molar-refractivity contribution in [3.8, 4) is 0 Å². The van der Waals surface area contributed by atoms with E-state index in [-0.39, 0.29) is 5.91 Å². The Labute approximate surface area is 88.5 Å². The Kier molecular flexibility index (Phi) is 3.18. The van der Waals surface area contributed by atoms with Gasteiger partial charge in [0, 0.05) is 0 Å². The van der Waals surface area contributed by atoms with E-state index in [1.54, 1.807) is 20.8 Å². The summed E-state index contributed by atoms with van der Waals surface area (Å²) >= 11 is 0. The van der Waals surface area contributed by atoms with Gasteiger partial charge in [0.15, 0.2) is 0 Å². The molecule has 0 bridgehead atoms. The normalized spacial score (nSPS) is 20.9. The maximum atomic E-state index is 11.3. The standard InChI is InChI=1S/C9H16N2O4/c1-9(2,3)15-8(13)10-6-5-11(14-4)7(6)12/h6H,5H2,1-4H3,(H,10,13). The summed E-state index contributed by atoms with van der Waals surface area (Å²) in [6.07, 6.45) is -0.586. The van der Waals surface area contributed by atoms with Crippen LogP contribution in [0.4, 0.5) is 4.79 Å². The molecule has 1 N–H and O–H groups in total. The van der Waals surface area contributed by atoms with Gasteiger partial charge in [-0.05, 0) is 20.8 Å². The predicted octanol–water partition coefficient (Wildman–Crippen LogP) is 0.283. The number of β-lactam (4-membered cyclic amide) rings is 1. The number of hydroxylamine groups is 2. The van der Waals surface area contributed by atoms with Gasteiger partial charge >= 0.3 is 6.09 Å². The van der Waals surface area contributed by atoms with Crippen LogP contribution in [0, 0.1) is 0 Å². The first-order chi connectivity index (χ1) is 6.83. The van der Waals surface area contributed by atoms with Crippen molar-refractivity contribution in [3.05, 3.63) is 0 Å². The predicted molar refractivity (Wildman–Crippen MR) is 51.9 cm³/mol. The number of ether oxygens (including phenoxy) is 1. The molecule has 1 atom stereocenters. The van der Waals surface area contributed by atoms with Gasteiger partial charge in [-0.1, -0.05) is 0 Å². The van der Waals surface area contributed by atoms with E-state index in [2.05, 4.69) is 5.32 Å².